The predicted molar refractivity (Wildman–Crippen MR) is 53.7 cm³/mol. The average molecular weight is 197 g/mol. The molecule has 13 heavy (non-hydrogen) atoms. The highest BCUT2D eigenvalue weighted by Crippen LogP contribution is 2.22. The number of hydrogen-bond donors (Lipinski definition) is 0. The Hall–Kier alpha value is -1.16. The smallest absolute Gasteiger partial charge is 0.214 e. The van der Waals surface area contributed by atoms with E-state index in [1.54, 1.807) is 11.3 Å². The first-order valence-corrected chi connectivity index (χ1v) is 4.90. The van der Waals surface area contributed by atoms with Crippen molar-refractivity contribution >= 4 is 11.3 Å². The Morgan fingerprint density at radius 1 is 1.77 bits per heavy atom. The molecule has 0 spiro atoms. The maximum Gasteiger partial charge on any atom is 0.214 e. The monoisotopic (exact) mass is 197 g/mol. The summed E-state index contributed by atoms with van der Waals surface area (Å²) in [6.45, 7) is 1.85. The Bertz CT molecular complexity index is 293. The Balaban J connectivity index is 2.74. The van der Waals surface area contributed by atoms with E-state index in [4.69, 9.17) is 0 Å². The molecule has 0 N–H and O–H groups in total. The van der Waals surface area contributed by atoms with Gasteiger partial charge in [-0.25, -0.2) is 0 Å². The lowest BCUT2D eigenvalue weighted by atomic mass is 10.1. The molecule has 0 fully saturated rings. The number of nitro groups is 1. The summed E-state index contributed by atoms with van der Waals surface area (Å²) in [7, 11) is 0. The van der Waals surface area contributed by atoms with Gasteiger partial charge in [-0.15, -0.1) is 11.3 Å². The molecule has 0 amide bonds. The quantitative estimate of drug-likeness (QED) is 0.423. The molecular formula is C9H11NO2S. The van der Waals surface area contributed by atoms with Gasteiger partial charge in [0.1, 0.15) is 0 Å². The van der Waals surface area contributed by atoms with Gasteiger partial charge in [0.2, 0.25) is 6.54 Å². The first-order chi connectivity index (χ1) is 6.24. The van der Waals surface area contributed by atoms with Crippen LogP contribution in [0.15, 0.2) is 29.7 Å². The standard InChI is InChI=1S/C9H11NO2S/c1-2-4-8(7-10(11)12)9-5-3-6-13-9/h2-6,8H,7H2,1H3/b4-2+/t8-/m1/s1. The van der Waals surface area contributed by atoms with Gasteiger partial charge in [-0.3, -0.25) is 10.1 Å². The Labute approximate surface area is 80.9 Å². The molecule has 0 radical (unpaired) electrons. The normalized spacial score (nSPS) is 13.3. The van der Waals surface area contributed by atoms with E-state index in [1.807, 2.05) is 36.6 Å². The molecule has 0 aliphatic rings. The average Bonchev–Trinajstić information content (AvgIpc) is 2.54. The van der Waals surface area contributed by atoms with Crippen LogP contribution in [0.2, 0.25) is 0 Å². The highest BCUT2D eigenvalue weighted by atomic mass is 32.1. The Morgan fingerprint density at radius 2 is 2.54 bits per heavy atom. The third-order valence-corrected chi connectivity index (χ3v) is 2.68. The molecule has 0 aliphatic heterocycles. The SMILES string of the molecule is C/C=C/[C@H](C[N+](=O)[O-])c1cccs1. The molecule has 1 rings (SSSR count). The van der Waals surface area contributed by atoms with Crippen LogP contribution in [-0.2, 0) is 0 Å². The second kappa shape index (κ2) is 4.77. The number of rotatable bonds is 4. The van der Waals surface area contributed by atoms with Crippen molar-refractivity contribution in [1.29, 1.82) is 0 Å². The molecule has 70 valence electrons. The maximum atomic E-state index is 10.4. The van der Waals surface area contributed by atoms with Crippen LogP contribution in [0.4, 0.5) is 0 Å². The predicted octanol–water partition coefficient (Wildman–Crippen LogP) is 2.68. The van der Waals surface area contributed by atoms with Gasteiger partial charge in [0.15, 0.2) is 0 Å². The summed E-state index contributed by atoms with van der Waals surface area (Å²) in [5.41, 5.74) is 0. The zero-order chi connectivity index (χ0) is 9.68. The summed E-state index contributed by atoms with van der Waals surface area (Å²) in [6.07, 6.45) is 3.72. The van der Waals surface area contributed by atoms with Crippen molar-refractivity contribution in [2.24, 2.45) is 0 Å². The van der Waals surface area contributed by atoms with Gasteiger partial charge in [-0.2, -0.15) is 0 Å². The fourth-order valence-corrected chi connectivity index (χ4v) is 1.94. The van der Waals surface area contributed by atoms with Gasteiger partial charge in [0.05, 0.1) is 5.92 Å². The van der Waals surface area contributed by atoms with Crippen molar-refractivity contribution in [3.63, 3.8) is 0 Å². The molecule has 0 unspecified atom stereocenters. The second-order valence-electron chi connectivity index (χ2n) is 2.66. The van der Waals surface area contributed by atoms with Crippen molar-refractivity contribution in [3.05, 3.63) is 44.7 Å². The van der Waals surface area contributed by atoms with Crippen molar-refractivity contribution < 1.29 is 4.92 Å². The lowest BCUT2D eigenvalue weighted by molar-refractivity contribution is -0.481. The fraction of sp³-hybridized carbons (Fsp3) is 0.333. The van der Waals surface area contributed by atoms with E-state index in [9.17, 15) is 10.1 Å². The van der Waals surface area contributed by atoms with Gasteiger partial charge in [0, 0.05) is 9.80 Å². The summed E-state index contributed by atoms with van der Waals surface area (Å²) >= 11 is 1.56. The lowest BCUT2D eigenvalue weighted by Gasteiger charge is -2.03. The Kier molecular flexibility index (Phi) is 3.64. The first-order valence-electron chi connectivity index (χ1n) is 4.02. The van der Waals surface area contributed by atoms with Crippen LogP contribution in [-0.4, -0.2) is 11.5 Å². The van der Waals surface area contributed by atoms with Crippen LogP contribution in [0.1, 0.15) is 17.7 Å². The van der Waals surface area contributed by atoms with E-state index >= 15 is 0 Å². The summed E-state index contributed by atoms with van der Waals surface area (Å²) in [5.74, 6) is -0.0694. The summed E-state index contributed by atoms with van der Waals surface area (Å²) < 4.78 is 0. The van der Waals surface area contributed by atoms with Crippen molar-refractivity contribution in [3.8, 4) is 0 Å². The van der Waals surface area contributed by atoms with Crippen LogP contribution < -0.4 is 0 Å². The van der Waals surface area contributed by atoms with Crippen LogP contribution in [0.25, 0.3) is 0 Å². The summed E-state index contributed by atoms with van der Waals surface area (Å²) in [6, 6.07) is 3.84. The van der Waals surface area contributed by atoms with Crippen molar-refractivity contribution in [2.75, 3.05) is 6.54 Å². The topological polar surface area (TPSA) is 43.1 Å². The van der Waals surface area contributed by atoms with Crippen LogP contribution in [0, 0.1) is 10.1 Å². The highest BCUT2D eigenvalue weighted by molar-refractivity contribution is 7.10. The van der Waals surface area contributed by atoms with E-state index in [1.165, 1.54) is 0 Å². The fourth-order valence-electron chi connectivity index (χ4n) is 1.14. The van der Waals surface area contributed by atoms with E-state index in [-0.39, 0.29) is 17.4 Å². The zero-order valence-electron chi connectivity index (χ0n) is 7.34. The molecule has 0 saturated heterocycles. The van der Waals surface area contributed by atoms with Gasteiger partial charge in [-0.05, 0) is 18.4 Å². The number of hydrogen-bond acceptors (Lipinski definition) is 3. The van der Waals surface area contributed by atoms with Crippen molar-refractivity contribution in [1.82, 2.24) is 0 Å². The number of allylic oxidation sites excluding steroid dienone is 1. The largest absolute Gasteiger partial charge is 0.265 e. The molecule has 0 saturated carbocycles. The molecule has 1 heterocycles. The molecule has 4 heteroatoms. The molecule has 0 aliphatic carbocycles. The van der Waals surface area contributed by atoms with E-state index < -0.39 is 0 Å². The van der Waals surface area contributed by atoms with Crippen LogP contribution >= 0.6 is 11.3 Å². The van der Waals surface area contributed by atoms with E-state index in [0.717, 1.165) is 4.88 Å². The maximum absolute atomic E-state index is 10.4. The highest BCUT2D eigenvalue weighted by Gasteiger charge is 2.14. The third-order valence-electron chi connectivity index (χ3n) is 1.68. The summed E-state index contributed by atoms with van der Waals surface area (Å²) in [4.78, 5) is 11.1. The number of nitrogens with zero attached hydrogens (tertiary/aromatic N) is 1. The molecule has 0 bridgehead atoms. The third kappa shape index (κ3) is 2.99. The first kappa shape index (κ1) is 9.92. The van der Waals surface area contributed by atoms with Gasteiger partial charge in [0.25, 0.3) is 0 Å². The van der Waals surface area contributed by atoms with E-state index in [2.05, 4.69) is 0 Å². The molecular weight excluding hydrogens is 186 g/mol. The molecule has 1 aromatic heterocycles. The Morgan fingerprint density at radius 3 is 3.00 bits per heavy atom. The molecule has 1 atom stereocenters. The minimum Gasteiger partial charge on any atom is -0.265 e. The molecule has 3 nitrogen and oxygen atoms in total. The van der Waals surface area contributed by atoms with Gasteiger partial charge in [-0.1, -0.05) is 18.2 Å². The minimum absolute atomic E-state index is 0.0230. The van der Waals surface area contributed by atoms with E-state index in [0.29, 0.717) is 0 Å². The molecule has 0 aromatic carbocycles. The second-order valence-corrected chi connectivity index (χ2v) is 3.64. The number of thiophene rings is 1. The van der Waals surface area contributed by atoms with Gasteiger partial charge >= 0.3 is 0 Å². The minimum atomic E-state index is -0.273. The summed E-state index contributed by atoms with van der Waals surface area (Å²) in [5, 5.41) is 12.3. The van der Waals surface area contributed by atoms with Gasteiger partial charge < -0.3 is 0 Å². The molecule has 1 aromatic rings. The zero-order valence-corrected chi connectivity index (χ0v) is 8.16. The van der Waals surface area contributed by atoms with Crippen molar-refractivity contribution in [2.45, 2.75) is 12.8 Å². The lowest BCUT2D eigenvalue weighted by Crippen LogP contribution is -2.09. The van der Waals surface area contributed by atoms with Crippen LogP contribution in [0.5, 0.6) is 0 Å². The van der Waals surface area contributed by atoms with Crippen LogP contribution in [0.3, 0.4) is 0 Å².